The number of hydrogen-bond donors (Lipinski definition) is 3. The van der Waals surface area contributed by atoms with Crippen molar-refractivity contribution in [3.63, 3.8) is 0 Å². The molecule has 1 aliphatic heterocycles. The first-order chi connectivity index (χ1) is 6.79. The molecule has 2 amide bonds. The Labute approximate surface area is 86.6 Å². The largest absolute Gasteiger partial charge is 0.344 e. The summed E-state index contributed by atoms with van der Waals surface area (Å²) in [4.78, 5) is 40.6. The van der Waals surface area contributed by atoms with E-state index in [1.54, 1.807) is 0 Å². The van der Waals surface area contributed by atoms with Gasteiger partial charge in [0.25, 0.3) is 0 Å². The zero-order valence-corrected chi connectivity index (χ0v) is 9.11. The van der Waals surface area contributed by atoms with E-state index in [2.05, 4.69) is 5.32 Å². The number of carbonyl (C=O) groups is 2. The summed E-state index contributed by atoms with van der Waals surface area (Å²) in [5, 5.41) is 2.42. The Hall–Kier alpha value is -0.910. The molecule has 0 bridgehead atoms. The Kier molecular flexibility index (Phi) is 3.49. The van der Waals surface area contributed by atoms with Crippen LogP contribution in [0.25, 0.3) is 0 Å². The Balaban J connectivity index is 2.57. The van der Waals surface area contributed by atoms with Crippen LogP contribution >= 0.6 is 7.60 Å². The summed E-state index contributed by atoms with van der Waals surface area (Å²) >= 11 is 0. The molecular weight excluding hydrogens is 223 g/mol. The standard InChI is InChI=1S/C7H13N2O5P/c1-5(10)8-6-2-3-9(7(6)11)4-15(12,13)14/h6H,2-4H2,1H3,(H,8,10)(H2,12,13,14). The minimum Gasteiger partial charge on any atom is -0.344 e. The second-order valence-electron chi connectivity index (χ2n) is 3.45. The maximum atomic E-state index is 11.5. The number of amides is 2. The molecule has 15 heavy (non-hydrogen) atoms. The van der Waals surface area contributed by atoms with Gasteiger partial charge in [-0.15, -0.1) is 0 Å². The van der Waals surface area contributed by atoms with Crippen molar-refractivity contribution < 1.29 is 23.9 Å². The number of likely N-dealkylation sites (tertiary alicyclic amines) is 1. The molecule has 1 rings (SSSR count). The molecule has 3 N–H and O–H groups in total. The van der Waals surface area contributed by atoms with Gasteiger partial charge in [0, 0.05) is 13.5 Å². The van der Waals surface area contributed by atoms with E-state index in [1.807, 2.05) is 0 Å². The Bertz CT molecular complexity index is 325. The molecule has 1 heterocycles. The van der Waals surface area contributed by atoms with E-state index >= 15 is 0 Å². The van der Waals surface area contributed by atoms with Crippen molar-refractivity contribution in [2.45, 2.75) is 19.4 Å². The fraction of sp³-hybridized carbons (Fsp3) is 0.714. The molecule has 0 spiro atoms. The average molecular weight is 236 g/mol. The van der Waals surface area contributed by atoms with Crippen molar-refractivity contribution in [3.8, 4) is 0 Å². The van der Waals surface area contributed by atoms with Crippen LogP contribution in [-0.4, -0.2) is 45.4 Å². The molecule has 8 heteroatoms. The minimum atomic E-state index is -4.22. The zero-order valence-electron chi connectivity index (χ0n) is 8.21. The minimum absolute atomic E-state index is 0.259. The quantitative estimate of drug-likeness (QED) is 0.537. The molecule has 1 saturated heterocycles. The van der Waals surface area contributed by atoms with Gasteiger partial charge < -0.3 is 20.0 Å². The summed E-state index contributed by atoms with van der Waals surface area (Å²) in [5.74, 6) is -0.764. The second kappa shape index (κ2) is 4.30. The molecule has 1 aliphatic rings. The third kappa shape index (κ3) is 3.62. The third-order valence-corrected chi connectivity index (χ3v) is 2.74. The van der Waals surface area contributed by atoms with Gasteiger partial charge in [0.1, 0.15) is 12.3 Å². The van der Waals surface area contributed by atoms with Crippen molar-refractivity contribution in [1.29, 1.82) is 0 Å². The van der Waals surface area contributed by atoms with Crippen LogP contribution in [0.2, 0.25) is 0 Å². The van der Waals surface area contributed by atoms with Crippen molar-refractivity contribution >= 4 is 19.4 Å². The molecule has 1 atom stereocenters. The zero-order chi connectivity index (χ0) is 11.6. The van der Waals surface area contributed by atoms with Crippen LogP contribution in [0, 0.1) is 0 Å². The van der Waals surface area contributed by atoms with Gasteiger partial charge in [-0.1, -0.05) is 0 Å². The summed E-state index contributed by atoms with van der Waals surface area (Å²) in [5.41, 5.74) is 0. The van der Waals surface area contributed by atoms with Crippen LogP contribution in [0.1, 0.15) is 13.3 Å². The molecule has 0 aliphatic carbocycles. The van der Waals surface area contributed by atoms with Crippen molar-refractivity contribution in [2.75, 3.05) is 12.8 Å². The van der Waals surface area contributed by atoms with E-state index in [-0.39, 0.29) is 12.5 Å². The molecule has 0 radical (unpaired) electrons. The van der Waals surface area contributed by atoms with Crippen LogP contribution in [-0.2, 0) is 14.2 Å². The van der Waals surface area contributed by atoms with E-state index in [0.717, 1.165) is 4.90 Å². The normalized spacial score (nSPS) is 21.9. The summed E-state index contributed by atoms with van der Waals surface area (Å²) in [6, 6.07) is -0.644. The first-order valence-electron chi connectivity index (χ1n) is 4.40. The highest BCUT2D eigenvalue weighted by Crippen LogP contribution is 2.36. The van der Waals surface area contributed by atoms with Gasteiger partial charge in [0.05, 0.1) is 0 Å². The van der Waals surface area contributed by atoms with Crippen molar-refractivity contribution in [1.82, 2.24) is 10.2 Å². The monoisotopic (exact) mass is 236 g/mol. The smallest absolute Gasteiger partial charge is 0.344 e. The number of hydrogen-bond acceptors (Lipinski definition) is 3. The molecular formula is C7H13N2O5P. The van der Waals surface area contributed by atoms with Crippen LogP contribution < -0.4 is 5.32 Å². The lowest BCUT2D eigenvalue weighted by molar-refractivity contribution is -0.131. The average Bonchev–Trinajstić information content (AvgIpc) is 2.32. The molecule has 1 fully saturated rings. The van der Waals surface area contributed by atoms with E-state index < -0.39 is 25.8 Å². The molecule has 0 aromatic heterocycles. The highest BCUT2D eigenvalue weighted by Gasteiger charge is 2.35. The first-order valence-corrected chi connectivity index (χ1v) is 6.20. The maximum Gasteiger partial charge on any atom is 0.344 e. The topological polar surface area (TPSA) is 107 Å². The lowest BCUT2D eigenvalue weighted by atomic mass is 10.2. The highest BCUT2D eigenvalue weighted by molar-refractivity contribution is 7.51. The van der Waals surface area contributed by atoms with Gasteiger partial charge in [-0.3, -0.25) is 14.2 Å². The number of nitrogens with zero attached hydrogens (tertiary/aromatic N) is 1. The van der Waals surface area contributed by atoms with Gasteiger partial charge in [0.2, 0.25) is 11.8 Å². The summed E-state index contributed by atoms with van der Waals surface area (Å²) in [6.45, 7) is 1.55. The maximum absolute atomic E-state index is 11.5. The van der Waals surface area contributed by atoms with E-state index in [4.69, 9.17) is 9.79 Å². The van der Waals surface area contributed by atoms with Crippen molar-refractivity contribution in [2.24, 2.45) is 0 Å². The van der Waals surface area contributed by atoms with Gasteiger partial charge in [0.15, 0.2) is 0 Å². The fourth-order valence-electron chi connectivity index (χ4n) is 1.48. The predicted molar refractivity (Wildman–Crippen MR) is 50.8 cm³/mol. The van der Waals surface area contributed by atoms with E-state index in [0.29, 0.717) is 6.42 Å². The number of nitrogens with one attached hydrogen (secondary N) is 1. The van der Waals surface area contributed by atoms with Gasteiger partial charge in [-0.2, -0.15) is 0 Å². The molecule has 86 valence electrons. The van der Waals surface area contributed by atoms with Gasteiger partial charge in [-0.25, -0.2) is 0 Å². The lowest BCUT2D eigenvalue weighted by Gasteiger charge is -2.17. The van der Waals surface area contributed by atoms with Crippen LogP contribution in [0.3, 0.4) is 0 Å². The Morgan fingerprint density at radius 2 is 2.27 bits per heavy atom. The molecule has 7 nitrogen and oxygen atoms in total. The molecule has 1 unspecified atom stereocenters. The van der Waals surface area contributed by atoms with E-state index in [9.17, 15) is 14.2 Å². The Morgan fingerprint density at radius 1 is 1.67 bits per heavy atom. The van der Waals surface area contributed by atoms with E-state index in [1.165, 1.54) is 6.92 Å². The van der Waals surface area contributed by atoms with Crippen molar-refractivity contribution in [3.05, 3.63) is 0 Å². The lowest BCUT2D eigenvalue weighted by Crippen LogP contribution is -2.40. The number of carbonyl (C=O) groups excluding carboxylic acids is 2. The van der Waals surface area contributed by atoms with Gasteiger partial charge >= 0.3 is 7.60 Å². The second-order valence-corrected chi connectivity index (χ2v) is 5.06. The molecule has 0 aromatic carbocycles. The molecule has 0 saturated carbocycles. The molecule has 0 aromatic rings. The highest BCUT2D eigenvalue weighted by atomic mass is 31.2. The van der Waals surface area contributed by atoms with Crippen LogP contribution in [0.5, 0.6) is 0 Å². The SMILES string of the molecule is CC(=O)NC1CCN(CP(=O)(O)O)C1=O. The Morgan fingerprint density at radius 3 is 2.73 bits per heavy atom. The fourth-order valence-corrected chi connectivity index (χ4v) is 2.21. The number of rotatable bonds is 3. The third-order valence-electron chi connectivity index (χ3n) is 2.03. The van der Waals surface area contributed by atoms with Crippen LogP contribution in [0.4, 0.5) is 0 Å². The van der Waals surface area contributed by atoms with Gasteiger partial charge in [-0.05, 0) is 6.42 Å². The first kappa shape index (κ1) is 12.2. The summed E-state index contributed by atoms with van der Waals surface area (Å²) in [7, 11) is -4.22. The predicted octanol–water partition coefficient (Wildman–Crippen LogP) is -1.14. The summed E-state index contributed by atoms with van der Waals surface area (Å²) in [6.07, 6.45) is -0.194. The summed E-state index contributed by atoms with van der Waals surface area (Å²) < 4.78 is 10.7. The van der Waals surface area contributed by atoms with Crippen LogP contribution in [0.15, 0.2) is 0 Å².